The fourth-order valence-electron chi connectivity index (χ4n) is 1.29. The number of nitrogens with zero attached hydrogens (tertiary/aromatic N) is 1. The van der Waals surface area contributed by atoms with E-state index >= 15 is 0 Å². The molecule has 0 heterocycles. The van der Waals surface area contributed by atoms with Gasteiger partial charge >= 0.3 is 0 Å². The van der Waals surface area contributed by atoms with Crippen molar-refractivity contribution in [3.63, 3.8) is 0 Å². The number of carbonyl (C=O) groups is 1. The smallest absolute Gasteiger partial charge is 0.249 e. The highest BCUT2D eigenvalue weighted by atomic mass is 16.7. The van der Waals surface area contributed by atoms with Crippen LogP contribution in [0.15, 0.2) is 12.7 Å². The van der Waals surface area contributed by atoms with Crippen molar-refractivity contribution in [2.24, 2.45) is 11.3 Å². The van der Waals surface area contributed by atoms with Crippen molar-refractivity contribution in [3.05, 3.63) is 12.7 Å². The maximum absolute atomic E-state index is 11.5. The van der Waals surface area contributed by atoms with Gasteiger partial charge in [0.15, 0.2) is 0 Å². The maximum Gasteiger partial charge on any atom is 0.249 e. The highest BCUT2D eigenvalue weighted by Gasteiger charge is 2.53. The van der Waals surface area contributed by atoms with Gasteiger partial charge in [0.25, 0.3) is 0 Å². The first-order valence-electron chi connectivity index (χ1n) is 4.00. The predicted molar refractivity (Wildman–Crippen MR) is 46.2 cm³/mol. The van der Waals surface area contributed by atoms with Crippen molar-refractivity contribution in [1.29, 1.82) is 0 Å². The molecule has 0 aromatic rings. The largest absolute Gasteiger partial charge is 0.275 e. The standard InChI is InChI=1S/C9H15NO2/c1-5-9(2)6-7(9)8(11)10(3)12-4/h5,7H,1,6H2,2-4H3/t7-,9-/m0/s1. The second-order valence-corrected chi connectivity index (χ2v) is 3.48. The van der Waals surface area contributed by atoms with Gasteiger partial charge in [-0.25, -0.2) is 5.06 Å². The highest BCUT2D eigenvalue weighted by Crippen LogP contribution is 2.53. The van der Waals surface area contributed by atoms with Gasteiger partial charge in [0, 0.05) is 13.0 Å². The molecule has 0 bridgehead atoms. The molecule has 3 heteroatoms. The van der Waals surface area contributed by atoms with Crippen molar-refractivity contribution in [1.82, 2.24) is 5.06 Å². The minimum Gasteiger partial charge on any atom is -0.275 e. The van der Waals surface area contributed by atoms with E-state index in [1.807, 2.05) is 13.0 Å². The van der Waals surface area contributed by atoms with Crippen molar-refractivity contribution in [2.75, 3.05) is 14.2 Å². The highest BCUT2D eigenvalue weighted by molar-refractivity contribution is 5.82. The van der Waals surface area contributed by atoms with E-state index in [-0.39, 0.29) is 17.2 Å². The molecule has 0 aromatic heterocycles. The van der Waals surface area contributed by atoms with Crippen LogP contribution >= 0.6 is 0 Å². The molecular weight excluding hydrogens is 154 g/mol. The number of rotatable bonds is 3. The number of hydrogen-bond donors (Lipinski definition) is 0. The molecule has 1 amide bonds. The van der Waals surface area contributed by atoms with Gasteiger partial charge in [-0.15, -0.1) is 6.58 Å². The molecule has 0 unspecified atom stereocenters. The van der Waals surface area contributed by atoms with E-state index in [0.29, 0.717) is 0 Å². The van der Waals surface area contributed by atoms with Crippen molar-refractivity contribution in [2.45, 2.75) is 13.3 Å². The van der Waals surface area contributed by atoms with Gasteiger partial charge in [-0.05, 0) is 11.8 Å². The zero-order chi connectivity index (χ0) is 9.35. The first-order valence-corrected chi connectivity index (χ1v) is 4.00. The lowest BCUT2D eigenvalue weighted by atomic mass is 10.1. The van der Waals surface area contributed by atoms with Gasteiger partial charge < -0.3 is 0 Å². The molecule has 1 saturated carbocycles. The van der Waals surface area contributed by atoms with Crippen LogP contribution < -0.4 is 0 Å². The Morgan fingerprint density at radius 3 is 2.75 bits per heavy atom. The molecule has 1 rings (SSSR count). The minimum atomic E-state index is 0.00384. The Hall–Kier alpha value is -0.830. The van der Waals surface area contributed by atoms with Crippen molar-refractivity contribution >= 4 is 5.91 Å². The van der Waals surface area contributed by atoms with Crippen LogP contribution in [0.25, 0.3) is 0 Å². The fourth-order valence-corrected chi connectivity index (χ4v) is 1.29. The fraction of sp³-hybridized carbons (Fsp3) is 0.667. The molecule has 12 heavy (non-hydrogen) atoms. The average Bonchev–Trinajstić information content (AvgIpc) is 2.76. The number of hydroxylamine groups is 2. The van der Waals surface area contributed by atoms with E-state index < -0.39 is 0 Å². The van der Waals surface area contributed by atoms with Crippen LogP contribution in [0.2, 0.25) is 0 Å². The Kier molecular flexibility index (Phi) is 2.24. The average molecular weight is 169 g/mol. The van der Waals surface area contributed by atoms with Crippen LogP contribution in [0.3, 0.4) is 0 Å². The summed E-state index contributed by atoms with van der Waals surface area (Å²) in [4.78, 5) is 16.3. The monoisotopic (exact) mass is 169 g/mol. The third kappa shape index (κ3) is 1.37. The van der Waals surface area contributed by atoms with Crippen LogP contribution in [-0.4, -0.2) is 25.1 Å². The summed E-state index contributed by atoms with van der Waals surface area (Å²) in [5.74, 6) is 0.111. The van der Waals surface area contributed by atoms with Crippen LogP contribution in [0, 0.1) is 11.3 Å². The third-order valence-electron chi connectivity index (χ3n) is 2.63. The lowest BCUT2D eigenvalue weighted by Crippen LogP contribution is -2.28. The van der Waals surface area contributed by atoms with Crippen molar-refractivity contribution < 1.29 is 9.63 Å². The predicted octanol–water partition coefficient (Wildman–Crippen LogP) is 1.22. The van der Waals surface area contributed by atoms with E-state index in [9.17, 15) is 4.79 Å². The Morgan fingerprint density at radius 2 is 2.42 bits per heavy atom. The summed E-state index contributed by atoms with van der Waals surface area (Å²) >= 11 is 0. The summed E-state index contributed by atoms with van der Waals surface area (Å²) in [6.07, 6.45) is 2.74. The van der Waals surface area contributed by atoms with E-state index in [4.69, 9.17) is 4.84 Å². The SMILES string of the molecule is C=C[C@@]1(C)C[C@H]1C(=O)N(C)OC. The molecule has 3 nitrogen and oxygen atoms in total. The number of carbonyl (C=O) groups excluding carboxylic acids is 1. The molecule has 1 fully saturated rings. The number of allylic oxidation sites excluding steroid dienone is 1. The molecule has 0 saturated heterocycles. The topological polar surface area (TPSA) is 29.5 Å². The Bertz CT molecular complexity index is 215. The summed E-state index contributed by atoms with van der Waals surface area (Å²) in [6.45, 7) is 5.73. The van der Waals surface area contributed by atoms with Crippen LogP contribution in [0.4, 0.5) is 0 Å². The minimum absolute atomic E-state index is 0.00384. The molecule has 0 radical (unpaired) electrons. The summed E-state index contributed by atoms with van der Waals surface area (Å²) in [7, 11) is 3.12. The van der Waals surface area contributed by atoms with Gasteiger partial charge in [0.05, 0.1) is 7.11 Å². The van der Waals surface area contributed by atoms with Crippen LogP contribution in [0.5, 0.6) is 0 Å². The normalized spacial score (nSPS) is 32.8. The summed E-state index contributed by atoms with van der Waals surface area (Å²) < 4.78 is 0. The number of amides is 1. The van der Waals surface area contributed by atoms with Crippen LogP contribution in [-0.2, 0) is 9.63 Å². The van der Waals surface area contributed by atoms with E-state index in [1.54, 1.807) is 7.05 Å². The molecule has 0 N–H and O–H groups in total. The van der Waals surface area contributed by atoms with Crippen molar-refractivity contribution in [3.8, 4) is 0 Å². The zero-order valence-corrected chi connectivity index (χ0v) is 7.83. The van der Waals surface area contributed by atoms with Gasteiger partial charge in [-0.2, -0.15) is 0 Å². The van der Waals surface area contributed by atoms with E-state index in [1.165, 1.54) is 12.2 Å². The van der Waals surface area contributed by atoms with Gasteiger partial charge in [0.1, 0.15) is 0 Å². The zero-order valence-electron chi connectivity index (χ0n) is 7.83. The first kappa shape index (κ1) is 9.26. The Balaban J connectivity index is 2.53. The number of hydrogen-bond acceptors (Lipinski definition) is 2. The molecule has 0 aliphatic heterocycles. The molecule has 1 aliphatic rings. The lowest BCUT2D eigenvalue weighted by molar-refractivity contribution is -0.170. The molecule has 2 atom stereocenters. The lowest BCUT2D eigenvalue weighted by Gasteiger charge is -2.14. The quantitative estimate of drug-likeness (QED) is 0.469. The van der Waals surface area contributed by atoms with E-state index in [2.05, 4.69) is 6.58 Å². The Labute approximate surface area is 73.0 Å². The summed E-state index contributed by atoms with van der Waals surface area (Å²) in [5.41, 5.74) is 0.00384. The van der Waals surface area contributed by atoms with Gasteiger partial charge in [-0.3, -0.25) is 9.63 Å². The summed E-state index contributed by atoms with van der Waals surface area (Å²) in [6, 6.07) is 0. The third-order valence-corrected chi connectivity index (χ3v) is 2.63. The van der Waals surface area contributed by atoms with E-state index in [0.717, 1.165) is 6.42 Å². The second-order valence-electron chi connectivity index (χ2n) is 3.48. The molecule has 0 spiro atoms. The van der Waals surface area contributed by atoms with Crippen LogP contribution in [0.1, 0.15) is 13.3 Å². The first-order chi connectivity index (χ1) is 5.55. The van der Waals surface area contributed by atoms with Gasteiger partial charge in [-0.1, -0.05) is 13.0 Å². The Morgan fingerprint density at radius 1 is 1.83 bits per heavy atom. The summed E-state index contributed by atoms with van der Waals surface area (Å²) in [5, 5.41) is 1.28. The van der Waals surface area contributed by atoms with Gasteiger partial charge in [0.2, 0.25) is 5.91 Å². The second kappa shape index (κ2) is 2.90. The maximum atomic E-state index is 11.5. The molecule has 68 valence electrons. The molecule has 0 aromatic carbocycles. The molecular formula is C9H15NO2. The molecule has 1 aliphatic carbocycles.